The Morgan fingerprint density at radius 1 is 1.40 bits per heavy atom. The Kier molecular flexibility index (Phi) is 4.93. The Labute approximate surface area is 175 Å². The molecule has 2 heterocycles. The molecule has 0 spiro atoms. The second-order valence-electron chi connectivity index (χ2n) is 9.30. The zero-order valence-corrected chi connectivity index (χ0v) is 17.5. The van der Waals surface area contributed by atoms with Crippen molar-refractivity contribution in [1.82, 2.24) is 0 Å². The van der Waals surface area contributed by atoms with Gasteiger partial charge in [-0.1, -0.05) is 25.5 Å². The minimum absolute atomic E-state index is 0.0224. The second kappa shape index (κ2) is 7.20. The number of rotatable bonds is 3. The van der Waals surface area contributed by atoms with Crippen LogP contribution in [0.2, 0.25) is 0 Å². The molecule has 0 aromatic carbocycles. The number of nitrogens with zero attached hydrogens (tertiary/aromatic N) is 3. The van der Waals surface area contributed by atoms with E-state index in [9.17, 15) is 9.59 Å². The number of hydrogen-bond donors (Lipinski definition) is 0. The van der Waals surface area contributed by atoms with E-state index in [1.165, 1.54) is 7.11 Å². The van der Waals surface area contributed by atoms with Gasteiger partial charge in [-0.25, -0.2) is 0 Å². The molecule has 0 N–H and O–H groups in total. The van der Waals surface area contributed by atoms with Gasteiger partial charge >= 0.3 is 5.97 Å². The molecule has 160 valence electrons. The lowest BCUT2D eigenvalue weighted by Crippen LogP contribution is -2.63. The van der Waals surface area contributed by atoms with Crippen molar-refractivity contribution in [2.24, 2.45) is 33.7 Å². The Hall–Kier alpha value is -2.73. The van der Waals surface area contributed by atoms with Gasteiger partial charge in [0.1, 0.15) is 11.9 Å². The number of Topliss-reactive ketones (excluding diaryl/α,β-unsaturated/α-hetero) is 1. The maximum Gasteiger partial charge on any atom is 0.309 e. The number of methoxy groups -OCH3 is 1. The molecule has 4 rings (SSSR count). The smallest absolute Gasteiger partial charge is 0.309 e. The summed E-state index contributed by atoms with van der Waals surface area (Å²) in [6, 6.07) is 0.975. The van der Waals surface area contributed by atoms with Gasteiger partial charge in [-0.15, -0.1) is 0 Å². The molecule has 8 nitrogen and oxygen atoms in total. The number of carbonyl (C=O) groups is 2. The van der Waals surface area contributed by atoms with Gasteiger partial charge in [-0.2, -0.15) is 0 Å². The first-order valence-electron chi connectivity index (χ1n) is 10.3. The lowest BCUT2D eigenvalue weighted by molar-refractivity contribution is -0.185. The van der Waals surface area contributed by atoms with Crippen LogP contribution in [0, 0.1) is 28.6 Å². The van der Waals surface area contributed by atoms with E-state index in [4.69, 9.17) is 19.4 Å². The molecule has 1 aliphatic heterocycles. The van der Waals surface area contributed by atoms with Crippen LogP contribution < -0.4 is 0 Å². The minimum Gasteiger partial charge on any atom is -0.490 e. The van der Waals surface area contributed by atoms with Crippen LogP contribution in [0.15, 0.2) is 40.5 Å². The summed E-state index contributed by atoms with van der Waals surface area (Å²) in [5.41, 5.74) is 8.83. The van der Waals surface area contributed by atoms with Gasteiger partial charge in [0.2, 0.25) is 0 Å². The molecule has 0 bridgehead atoms. The van der Waals surface area contributed by atoms with Crippen molar-refractivity contribution in [3.63, 3.8) is 0 Å². The molecule has 1 unspecified atom stereocenters. The van der Waals surface area contributed by atoms with Crippen LogP contribution >= 0.6 is 0 Å². The second-order valence-corrected chi connectivity index (χ2v) is 9.30. The predicted octanol–water partition coefficient (Wildman–Crippen LogP) is 4.73. The van der Waals surface area contributed by atoms with Crippen LogP contribution in [0.3, 0.4) is 0 Å². The first-order valence-corrected chi connectivity index (χ1v) is 10.3. The number of carbonyl (C=O) groups excluding carboxylic acids is 2. The third-order valence-electron chi connectivity index (χ3n) is 7.85. The molecular weight excluding hydrogens is 386 g/mol. The first-order chi connectivity index (χ1) is 14.3. The van der Waals surface area contributed by atoms with Gasteiger partial charge in [0.25, 0.3) is 0 Å². The third kappa shape index (κ3) is 2.85. The standard InChI is InChI=1S/C22H27N3O5/c1-12-14-5-7-21(2)15(20(27)28-4)9-16(24-25-23)18(26)19(21)22(14,3)10-17(30-12)13-6-8-29-11-13/h6,8,11,14-17,19H,1,5,7,9-10H2,2-4H3/t14-,15-,16+,17-,19?,21-,22-/m0/s1. The summed E-state index contributed by atoms with van der Waals surface area (Å²) in [5.74, 6) is -0.805. The van der Waals surface area contributed by atoms with E-state index in [-0.39, 0.29) is 30.2 Å². The van der Waals surface area contributed by atoms with E-state index in [0.717, 1.165) is 12.0 Å². The highest BCUT2D eigenvalue weighted by atomic mass is 16.5. The van der Waals surface area contributed by atoms with E-state index in [1.807, 2.05) is 13.0 Å². The van der Waals surface area contributed by atoms with Crippen LogP contribution in [-0.4, -0.2) is 24.9 Å². The lowest BCUT2D eigenvalue weighted by Gasteiger charge is -2.62. The molecule has 2 saturated carbocycles. The van der Waals surface area contributed by atoms with Gasteiger partial charge in [0.05, 0.1) is 37.4 Å². The number of azide groups is 1. The van der Waals surface area contributed by atoms with Crippen molar-refractivity contribution >= 4 is 11.8 Å². The number of hydrogen-bond acceptors (Lipinski definition) is 6. The topological polar surface area (TPSA) is 115 Å². The van der Waals surface area contributed by atoms with Crippen molar-refractivity contribution in [3.05, 3.63) is 46.9 Å². The number of furan rings is 1. The molecule has 1 saturated heterocycles. The summed E-state index contributed by atoms with van der Waals surface area (Å²) in [6.07, 6.45) is 5.16. The van der Waals surface area contributed by atoms with E-state index in [2.05, 4.69) is 23.5 Å². The highest BCUT2D eigenvalue weighted by molar-refractivity contribution is 5.91. The summed E-state index contributed by atoms with van der Waals surface area (Å²) in [6.45, 7) is 8.28. The van der Waals surface area contributed by atoms with Gasteiger partial charge < -0.3 is 13.9 Å². The summed E-state index contributed by atoms with van der Waals surface area (Å²) in [5, 5.41) is 3.76. The highest BCUT2D eigenvalue weighted by Crippen LogP contribution is 2.66. The van der Waals surface area contributed by atoms with Crippen LogP contribution in [0.4, 0.5) is 0 Å². The normalized spacial score (nSPS) is 40.4. The van der Waals surface area contributed by atoms with Crippen LogP contribution in [0.5, 0.6) is 0 Å². The molecule has 8 heteroatoms. The Bertz CT molecular complexity index is 921. The predicted molar refractivity (Wildman–Crippen MR) is 107 cm³/mol. The van der Waals surface area contributed by atoms with Gasteiger partial charge in [0.15, 0.2) is 0 Å². The average Bonchev–Trinajstić information content (AvgIpc) is 3.23. The Balaban J connectivity index is 1.82. The number of ether oxygens (including phenoxy) is 2. The number of fused-ring (bicyclic) bond motifs is 3. The van der Waals surface area contributed by atoms with E-state index < -0.39 is 28.7 Å². The summed E-state index contributed by atoms with van der Waals surface area (Å²) >= 11 is 0. The highest BCUT2D eigenvalue weighted by Gasteiger charge is 2.66. The fourth-order valence-electron chi connectivity index (χ4n) is 6.52. The molecule has 1 aromatic heterocycles. The number of esters is 1. The van der Waals surface area contributed by atoms with Crippen LogP contribution in [-0.2, 0) is 19.1 Å². The van der Waals surface area contributed by atoms with Crippen molar-refractivity contribution < 1.29 is 23.5 Å². The molecule has 1 aromatic rings. The quantitative estimate of drug-likeness (QED) is 0.307. The Morgan fingerprint density at radius 3 is 2.80 bits per heavy atom. The maximum atomic E-state index is 13.7. The first kappa shape index (κ1) is 20.5. The van der Waals surface area contributed by atoms with E-state index in [1.54, 1.807) is 12.5 Å². The monoisotopic (exact) mass is 413 g/mol. The summed E-state index contributed by atoms with van der Waals surface area (Å²) in [7, 11) is 1.36. The lowest BCUT2D eigenvalue weighted by atomic mass is 9.42. The summed E-state index contributed by atoms with van der Waals surface area (Å²) in [4.78, 5) is 29.3. The largest absolute Gasteiger partial charge is 0.490 e. The molecule has 0 amide bonds. The molecule has 30 heavy (non-hydrogen) atoms. The molecular formula is C22H27N3O5. The van der Waals surface area contributed by atoms with E-state index >= 15 is 0 Å². The molecule has 0 radical (unpaired) electrons. The Morgan fingerprint density at radius 2 is 2.17 bits per heavy atom. The van der Waals surface area contributed by atoms with Crippen molar-refractivity contribution in [3.8, 4) is 0 Å². The average molecular weight is 413 g/mol. The van der Waals surface area contributed by atoms with Gasteiger partial charge in [-0.05, 0) is 48.1 Å². The fourth-order valence-corrected chi connectivity index (χ4v) is 6.52. The fraction of sp³-hybridized carbons (Fsp3) is 0.636. The van der Waals surface area contributed by atoms with Crippen molar-refractivity contribution in [2.45, 2.75) is 51.7 Å². The molecule has 3 aliphatic rings. The van der Waals surface area contributed by atoms with Gasteiger partial charge in [0, 0.05) is 22.3 Å². The van der Waals surface area contributed by atoms with Gasteiger partial charge in [-0.3, -0.25) is 9.59 Å². The maximum absolute atomic E-state index is 13.7. The third-order valence-corrected chi connectivity index (χ3v) is 7.85. The van der Waals surface area contributed by atoms with Crippen molar-refractivity contribution in [1.29, 1.82) is 0 Å². The zero-order valence-electron chi connectivity index (χ0n) is 17.5. The van der Waals surface area contributed by atoms with Crippen LogP contribution in [0.1, 0.15) is 51.2 Å². The van der Waals surface area contributed by atoms with Crippen molar-refractivity contribution in [2.75, 3.05) is 7.11 Å². The number of allylic oxidation sites excluding steroid dienone is 1. The SMILES string of the molecule is C=C1O[C@H](c2ccoc2)C[C@]2(C)C3C(=O)[C@H](N=[N+]=[N-])C[C@@H](C(=O)OC)[C@]3(C)CC[C@@H]12. The number of ketones is 1. The van der Waals surface area contributed by atoms with Crippen LogP contribution in [0.25, 0.3) is 10.4 Å². The van der Waals surface area contributed by atoms with E-state index in [0.29, 0.717) is 18.6 Å². The summed E-state index contributed by atoms with van der Waals surface area (Å²) < 4.78 is 16.5. The molecule has 2 aliphatic carbocycles. The molecule has 7 atom stereocenters. The minimum atomic E-state index is -0.878. The molecule has 3 fully saturated rings. The zero-order chi connectivity index (χ0) is 21.7.